The summed E-state index contributed by atoms with van der Waals surface area (Å²) in [6.45, 7) is 1.44. The highest BCUT2D eigenvalue weighted by Crippen LogP contribution is 2.35. The Morgan fingerprint density at radius 2 is 1.66 bits per heavy atom. The second-order valence-corrected chi connectivity index (χ2v) is 7.83. The van der Waals surface area contributed by atoms with Crippen LogP contribution in [0.25, 0.3) is 11.4 Å². The van der Waals surface area contributed by atoms with E-state index in [2.05, 4.69) is 19.7 Å². The van der Waals surface area contributed by atoms with Gasteiger partial charge >= 0.3 is 12.1 Å². The number of halogens is 5. The summed E-state index contributed by atoms with van der Waals surface area (Å²) in [5.74, 6) is -5.68. The number of aromatic nitrogens is 3. The normalized spacial score (nSPS) is 12.7. The Labute approximate surface area is 162 Å². The number of nitrogens with zero attached hydrogens (tertiary/aromatic N) is 3. The summed E-state index contributed by atoms with van der Waals surface area (Å²) in [5.41, 5.74) is -0.120. The lowest BCUT2D eigenvalue weighted by Gasteiger charge is -2.19. The molecule has 0 radical (unpaired) electrons. The van der Waals surface area contributed by atoms with E-state index in [1.807, 2.05) is 0 Å². The fourth-order valence-electron chi connectivity index (χ4n) is 2.02. The number of rotatable bonds is 8. The van der Waals surface area contributed by atoms with Crippen molar-refractivity contribution in [1.29, 1.82) is 0 Å². The Hall–Kier alpha value is -2.57. The fraction of sp³-hybridized carbons (Fsp3) is 0.438. The van der Waals surface area contributed by atoms with Gasteiger partial charge in [0, 0.05) is 6.07 Å². The van der Waals surface area contributed by atoms with Gasteiger partial charge in [-0.1, -0.05) is 6.92 Å². The monoisotopic (exact) mass is 441 g/mol. The molecular weight excluding hydrogens is 425 g/mol. The molecule has 0 bridgehead atoms. The highest BCUT2D eigenvalue weighted by Gasteiger charge is 2.58. The number of hydrogen-bond donors (Lipinski definition) is 0. The summed E-state index contributed by atoms with van der Waals surface area (Å²) in [5, 5.41) is 0. The van der Waals surface area contributed by atoms with Gasteiger partial charge in [-0.2, -0.15) is 22.0 Å². The maximum absolute atomic E-state index is 12.9. The Bertz CT molecular complexity index is 950. The van der Waals surface area contributed by atoms with E-state index < -0.39 is 34.4 Å². The quantitative estimate of drug-likeness (QED) is 0.581. The topological polar surface area (TPSA) is 91.3 Å². The molecule has 0 amide bonds. The summed E-state index contributed by atoms with van der Waals surface area (Å²) < 4.78 is 96.6. The summed E-state index contributed by atoms with van der Waals surface area (Å²) in [6.07, 6.45) is -2.75. The molecule has 0 aliphatic heterocycles. The highest BCUT2D eigenvalue weighted by molar-refractivity contribution is 7.91. The maximum atomic E-state index is 12.9. The number of alkyl halides is 5. The smallest absolute Gasteiger partial charge is 0.456 e. The van der Waals surface area contributed by atoms with Crippen molar-refractivity contribution >= 4 is 9.84 Å². The van der Waals surface area contributed by atoms with Crippen molar-refractivity contribution in [2.45, 2.75) is 30.8 Å². The summed E-state index contributed by atoms with van der Waals surface area (Å²) >= 11 is 0. The average molecular weight is 441 g/mol. The highest BCUT2D eigenvalue weighted by atomic mass is 32.2. The van der Waals surface area contributed by atoms with Crippen molar-refractivity contribution in [1.82, 2.24) is 15.0 Å². The average Bonchev–Trinajstić information content (AvgIpc) is 2.66. The van der Waals surface area contributed by atoms with Crippen molar-refractivity contribution < 1.29 is 39.8 Å². The van der Waals surface area contributed by atoms with Crippen LogP contribution in [-0.4, -0.2) is 54.4 Å². The van der Waals surface area contributed by atoms with Crippen molar-refractivity contribution in [2.24, 2.45) is 0 Å². The lowest BCUT2D eigenvalue weighted by atomic mass is 10.3. The standard InChI is InChI=1S/C16H16F5N3O4S/c1-3-27-10-5-12(29(25,26)4-2)14(24-6-10)11-7-23-13(8-22-11)28-9-15(17,18)16(19,20)21/h5-8H,3-4,9H2,1-2H3. The second-order valence-electron chi connectivity index (χ2n) is 5.58. The third-order valence-electron chi connectivity index (χ3n) is 3.54. The molecule has 2 aromatic rings. The van der Waals surface area contributed by atoms with Crippen LogP contribution in [0.3, 0.4) is 0 Å². The molecule has 2 rings (SSSR count). The molecule has 13 heteroatoms. The van der Waals surface area contributed by atoms with Crippen LogP contribution in [0.4, 0.5) is 22.0 Å². The maximum Gasteiger partial charge on any atom is 0.456 e. The van der Waals surface area contributed by atoms with Crippen LogP contribution >= 0.6 is 0 Å². The first-order valence-corrected chi connectivity index (χ1v) is 9.82. The molecule has 7 nitrogen and oxygen atoms in total. The zero-order valence-corrected chi connectivity index (χ0v) is 16.0. The van der Waals surface area contributed by atoms with Gasteiger partial charge in [0.2, 0.25) is 5.88 Å². The molecule has 0 aromatic carbocycles. The van der Waals surface area contributed by atoms with Gasteiger partial charge in [-0.3, -0.25) is 0 Å². The molecule has 0 saturated heterocycles. The Balaban J connectivity index is 2.32. The number of ether oxygens (including phenoxy) is 2. The molecule has 2 heterocycles. The molecule has 29 heavy (non-hydrogen) atoms. The number of pyridine rings is 1. The molecule has 0 spiro atoms. The minimum Gasteiger partial charge on any atom is -0.492 e. The minimum absolute atomic E-state index is 0.0463. The Morgan fingerprint density at radius 3 is 2.17 bits per heavy atom. The lowest BCUT2D eigenvalue weighted by molar-refractivity contribution is -0.290. The second kappa shape index (κ2) is 8.43. The zero-order valence-electron chi connectivity index (χ0n) is 15.2. The van der Waals surface area contributed by atoms with Crippen molar-refractivity contribution in [3.63, 3.8) is 0 Å². The van der Waals surface area contributed by atoms with Crippen LogP contribution in [0.1, 0.15) is 13.8 Å². The van der Waals surface area contributed by atoms with Crippen LogP contribution < -0.4 is 9.47 Å². The van der Waals surface area contributed by atoms with Crippen molar-refractivity contribution in [3.05, 3.63) is 24.7 Å². The first-order chi connectivity index (χ1) is 13.4. The predicted octanol–water partition coefficient (Wildman–Crippen LogP) is 3.31. The van der Waals surface area contributed by atoms with Crippen LogP contribution in [0.15, 0.2) is 29.6 Å². The molecule has 0 N–H and O–H groups in total. The van der Waals surface area contributed by atoms with Crippen LogP contribution in [-0.2, 0) is 9.84 Å². The van der Waals surface area contributed by atoms with E-state index in [0.29, 0.717) is 0 Å². The SMILES string of the molecule is CCOc1cnc(-c2cnc(OCC(F)(F)C(F)(F)F)cn2)c(S(=O)(=O)CC)c1. The van der Waals surface area contributed by atoms with Crippen LogP contribution in [0, 0.1) is 0 Å². The number of hydrogen-bond acceptors (Lipinski definition) is 7. The molecule has 0 fully saturated rings. The van der Waals surface area contributed by atoms with E-state index >= 15 is 0 Å². The molecule has 0 atom stereocenters. The van der Waals surface area contributed by atoms with Gasteiger partial charge in [0.25, 0.3) is 0 Å². The molecular formula is C16H16F5N3O4S. The van der Waals surface area contributed by atoms with Gasteiger partial charge in [0.05, 0.1) is 35.8 Å². The van der Waals surface area contributed by atoms with Gasteiger partial charge in [-0.05, 0) is 6.92 Å². The van der Waals surface area contributed by atoms with Crippen molar-refractivity contribution in [3.8, 4) is 23.0 Å². The summed E-state index contributed by atoms with van der Waals surface area (Å²) in [6, 6.07) is 1.26. The van der Waals surface area contributed by atoms with E-state index in [4.69, 9.17) is 4.74 Å². The number of sulfone groups is 1. The van der Waals surface area contributed by atoms with Crippen molar-refractivity contribution in [2.75, 3.05) is 19.0 Å². The molecule has 0 unspecified atom stereocenters. The van der Waals surface area contributed by atoms with Crippen LogP contribution in [0.2, 0.25) is 0 Å². The zero-order chi connectivity index (χ0) is 21.9. The Kier molecular flexibility index (Phi) is 6.60. The van der Waals surface area contributed by atoms with E-state index in [1.165, 1.54) is 19.2 Å². The largest absolute Gasteiger partial charge is 0.492 e. The van der Waals surface area contributed by atoms with Crippen LogP contribution in [0.5, 0.6) is 11.6 Å². The molecule has 160 valence electrons. The van der Waals surface area contributed by atoms with E-state index in [9.17, 15) is 30.4 Å². The molecule has 0 aliphatic rings. The fourth-order valence-corrected chi connectivity index (χ4v) is 3.08. The summed E-state index contributed by atoms with van der Waals surface area (Å²) in [7, 11) is -3.74. The lowest BCUT2D eigenvalue weighted by Crippen LogP contribution is -2.41. The first kappa shape index (κ1) is 22.7. The first-order valence-electron chi connectivity index (χ1n) is 8.16. The van der Waals surface area contributed by atoms with Gasteiger partial charge in [-0.25, -0.2) is 23.4 Å². The molecule has 0 saturated carbocycles. The van der Waals surface area contributed by atoms with Gasteiger partial charge < -0.3 is 9.47 Å². The summed E-state index contributed by atoms with van der Waals surface area (Å²) in [4.78, 5) is 11.2. The third-order valence-corrected chi connectivity index (χ3v) is 5.28. The van der Waals surface area contributed by atoms with Gasteiger partial charge in [0.15, 0.2) is 16.4 Å². The molecule has 0 aliphatic carbocycles. The minimum atomic E-state index is -5.77. The third kappa shape index (κ3) is 5.28. The van der Waals surface area contributed by atoms with Gasteiger partial charge in [-0.15, -0.1) is 0 Å². The van der Waals surface area contributed by atoms with E-state index in [0.717, 1.165) is 12.4 Å². The van der Waals surface area contributed by atoms with Gasteiger partial charge in [0.1, 0.15) is 17.1 Å². The molecule has 2 aromatic heterocycles. The predicted molar refractivity (Wildman–Crippen MR) is 90.7 cm³/mol. The van der Waals surface area contributed by atoms with E-state index in [1.54, 1.807) is 6.92 Å². The Morgan fingerprint density at radius 1 is 0.966 bits per heavy atom. The van der Waals surface area contributed by atoms with E-state index in [-0.39, 0.29) is 34.4 Å².